The Bertz CT molecular complexity index is 381. The van der Waals surface area contributed by atoms with Gasteiger partial charge in [0.25, 0.3) is 0 Å². The SMILES string of the molecule is Oc1ccc([C@@H](CF)N2CCNCC2)c(O)c1. The van der Waals surface area contributed by atoms with Gasteiger partial charge in [0, 0.05) is 37.8 Å². The number of nitrogens with zero attached hydrogens (tertiary/aromatic N) is 1. The van der Waals surface area contributed by atoms with Crippen LogP contribution in [0, 0.1) is 0 Å². The molecule has 0 radical (unpaired) electrons. The van der Waals surface area contributed by atoms with Gasteiger partial charge in [0.1, 0.15) is 18.2 Å². The summed E-state index contributed by atoms with van der Waals surface area (Å²) in [4.78, 5) is 2.00. The van der Waals surface area contributed by atoms with Gasteiger partial charge in [-0.25, -0.2) is 4.39 Å². The molecule has 0 saturated carbocycles. The summed E-state index contributed by atoms with van der Waals surface area (Å²) in [5.74, 6) is -0.0599. The minimum atomic E-state index is -0.543. The molecule has 0 aliphatic carbocycles. The topological polar surface area (TPSA) is 55.7 Å². The number of hydrogen-bond donors (Lipinski definition) is 3. The van der Waals surface area contributed by atoms with Crippen molar-refractivity contribution in [1.82, 2.24) is 10.2 Å². The van der Waals surface area contributed by atoms with E-state index in [9.17, 15) is 14.6 Å². The molecule has 1 aromatic rings. The lowest BCUT2D eigenvalue weighted by Gasteiger charge is -2.33. The van der Waals surface area contributed by atoms with Crippen molar-refractivity contribution in [3.05, 3.63) is 23.8 Å². The van der Waals surface area contributed by atoms with Crippen LogP contribution in [0.25, 0.3) is 0 Å². The van der Waals surface area contributed by atoms with Crippen LogP contribution in [0.1, 0.15) is 11.6 Å². The van der Waals surface area contributed by atoms with Crippen LogP contribution in [-0.4, -0.2) is 48.0 Å². The van der Waals surface area contributed by atoms with E-state index in [1.807, 2.05) is 4.90 Å². The van der Waals surface area contributed by atoms with E-state index in [-0.39, 0.29) is 11.5 Å². The van der Waals surface area contributed by atoms with Crippen molar-refractivity contribution in [3.8, 4) is 11.5 Å². The van der Waals surface area contributed by atoms with Crippen molar-refractivity contribution in [3.63, 3.8) is 0 Å². The molecule has 0 spiro atoms. The molecule has 0 unspecified atom stereocenters. The highest BCUT2D eigenvalue weighted by atomic mass is 19.1. The zero-order valence-corrected chi connectivity index (χ0v) is 9.56. The Labute approximate surface area is 99.7 Å². The number of phenols is 2. The van der Waals surface area contributed by atoms with Crippen LogP contribution in [0.3, 0.4) is 0 Å². The quantitative estimate of drug-likeness (QED) is 0.738. The molecule has 3 N–H and O–H groups in total. The Kier molecular flexibility index (Phi) is 3.81. The van der Waals surface area contributed by atoms with Crippen molar-refractivity contribution in [2.45, 2.75) is 6.04 Å². The Morgan fingerprint density at radius 2 is 2.00 bits per heavy atom. The van der Waals surface area contributed by atoms with Crippen LogP contribution in [0.4, 0.5) is 4.39 Å². The van der Waals surface area contributed by atoms with Gasteiger partial charge in [0.05, 0.1) is 6.04 Å². The average Bonchev–Trinajstić information content (AvgIpc) is 2.34. The van der Waals surface area contributed by atoms with E-state index in [1.54, 1.807) is 6.07 Å². The predicted molar refractivity (Wildman–Crippen MR) is 62.9 cm³/mol. The maximum Gasteiger partial charge on any atom is 0.124 e. The zero-order chi connectivity index (χ0) is 12.3. The molecule has 1 atom stereocenters. The Morgan fingerprint density at radius 1 is 1.29 bits per heavy atom. The van der Waals surface area contributed by atoms with E-state index in [0.29, 0.717) is 5.56 Å². The van der Waals surface area contributed by atoms with Gasteiger partial charge in [-0.15, -0.1) is 0 Å². The predicted octanol–water partition coefficient (Wildman–Crippen LogP) is 1.01. The molecule has 1 fully saturated rings. The van der Waals surface area contributed by atoms with E-state index in [2.05, 4.69) is 5.32 Å². The highest BCUT2D eigenvalue weighted by molar-refractivity contribution is 5.41. The van der Waals surface area contributed by atoms with Gasteiger partial charge in [0.15, 0.2) is 0 Å². The lowest BCUT2D eigenvalue weighted by molar-refractivity contribution is 0.145. The summed E-state index contributed by atoms with van der Waals surface area (Å²) in [6.45, 7) is 2.63. The summed E-state index contributed by atoms with van der Waals surface area (Å²) >= 11 is 0. The first-order valence-corrected chi connectivity index (χ1v) is 5.75. The summed E-state index contributed by atoms with van der Waals surface area (Å²) in [5.41, 5.74) is 0.534. The molecule has 1 heterocycles. The normalized spacial score (nSPS) is 19.1. The van der Waals surface area contributed by atoms with Gasteiger partial charge in [-0.1, -0.05) is 0 Å². The molecule has 5 heteroatoms. The van der Waals surface area contributed by atoms with Gasteiger partial charge in [-0.2, -0.15) is 0 Å². The smallest absolute Gasteiger partial charge is 0.124 e. The molecule has 0 aromatic heterocycles. The fourth-order valence-electron chi connectivity index (χ4n) is 2.19. The van der Waals surface area contributed by atoms with Crippen LogP contribution in [0.2, 0.25) is 0 Å². The molecule has 2 rings (SSSR count). The van der Waals surface area contributed by atoms with E-state index < -0.39 is 12.7 Å². The maximum atomic E-state index is 13.2. The number of halogens is 1. The number of hydrogen-bond acceptors (Lipinski definition) is 4. The molecule has 0 bridgehead atoms. The minimum Gasteiger partial charge on any atom is -0.508 e. The lowest BCUT2D eigenvalue weighted by atomic mass is 10.0. The third-order valence-electron chi connectivity index (χ3n) is 3.11. The Balaban J connectivity index is 2.21. The molecular formula is C12H17FN2O2. The van der Waals surface area contributed by atoms with Crippen molar-refractivity contribution >= 4 is 0 Å². The second-order valence-corrected chi connectivity index (χ2v) is 4.20. The summed E-state index contributed by atoms with van der Waals surface area (Å²) in [7, 11) is 0. The third-order valence-corrected chi connectivity index (χ3v) is 3.11. The standard InChI is InChI=1S/C12H17FN2O2/c13-8-11(15-5-3-14-4-6-15)10-2-1-9(16)7-12(10)17/h1-2,7,11,14,16-17H,3-6,8H2/t11-/m1/s1. The molecule has 1 aliphatic rings. The van der Waals surface area contributed by atoms with Crippen LogP contribution in [0.5, 0.6) is 11.5 Å². The number of alkyl halides is 1. The molecule has 4 nitrogen and oxygen atoms in total. The molecule has 1 aromatic carbocycles. The number of aromatic hydroxyl groups is 2. The van der Waals surface area contributed by atoms with Crippen molar-refractivity contribution in [1.29, 1.82) is 0 Å². The third kappa shape index (κ3) is 2.68. The highest BCUT2D eigenvalue weighted by Crippen LogP contribution is 2.31. The number of phenolic OH excluding ortho intramolecular Hbond substituents is 2. The first-order valence-electron chi connectivity index (χ1n) is 5.75. The summed E-state index contributed by atoms with van der Waals surface area (Å²) in [6.07, 6.45) is 0. The Hall–Kier alpha value is -1.33. The molecular weight excluding hydrogens is 223 g/mol. The molecule has 1 saturated heterocycles. The fraction of sp³-hybridized carbons (Fsp3) is 0.500. The monoisotopic (exact) mass is 240 g/mol. The molecule has 17 heavy (non-hydrogen) atoms. The number of nitrogens with one attached hydrogen (secondary N) is 1. The van der Waals surface area contributed by atoms with Gasteiger partial charge >= 0.3 is 0 Å². The highest BCUT2D eigenvalue weighted by Gasteiger charge is 2.24. The summed E-state index contributed by atoms with van der Waals surface area (Å²) in [6, 6.07) is 3.87. The van der Waals surface area contributed by atoms with Crippen molar-refractivity contribution in [2.24, 2.45) is 0 Å². The van der Waals surface area contributed by atoms with Crippen LogP contribution >= 0.6 is 0 Å². The molecule has 1 aliphatic heterocycles. The zero-order valence-electron chi connectivity index (χ0n) is 9.56. The second-order valence-electron chi connectivity index (χ2n) is 4.20. The van der Waals surface area contributed by atoms with Crippen molar-refractivity contribution < 1.29 is 14.6 Å². The number of benzene rings is 1. The first kappa shape index (κ1) is 12.1. The maximum absolute atomic E-state index is 13.2. The second kappa shape index (κ2) is 5.33. The minimum absolute atomic E-state index is 0.0100. The molecule has 0 amide bonds. The van der Waals surface area contributed by atoms with Crippen LogP contribution in [-0.2, 0) is 0 Å². The van der Waals surface area contributed by atoms with E-state index >= 15 is 0 Å². The number of rotatable bonds is 3. The fourth-order valence-corrected chi connectivity index (χ4v) is 2.19. The van der Waals surface area contributed by atoms with Gasteiger partial charge in [-0.05, 0) is 12.1 Å². The first-order chi connectivity index (χ1) is 8.22. The van der Waals surface area contributed by atoms with E-state index in [0.717, 1.165) is 26.2 Å². The summed E-state index contributed by atoms with van der Waals surface area (Å²) < 4.78 is 13.2. The van der Waals surface area contributed by atoms with Crippen LogP contribution in [0.15, 0.2) is 18.2 Å². The van der Waals surface area contributed by atoms with Gasteiger partial charge in [0.2, 0.25) is 0 Å². The van der Waals surface area contributed by atoms with Gasteiger partial charge < -0.3 is 15.5 Å². The number of piperazine rings is 1. The molecule has 94 valence electrons. The van der Waals surface area contributed by atoms with Crippen molar-refractivity contribution in [2.75, 3.05) is 32.9 Å². The van der Waals surface area contributed by atoms with Gasteiger partial charge in [-0.3, -0.25) is 4.90 Å². The van der Waals surface area contributed by atoms with Crippen LogP contribution < -0.4 is 5.32 Å². The summed E-state index contributed by atoms with van der Waals surface area (Å²) in [5, 5.41) is 22.2. The Morgan fingerprint density at radius 3 is 2.59 bits per heavy atom. The van der Waals surface area contributed by atoms with E-state index in [4.69, 9.17) is 0 Å². The van der Waals surface area contributed by atoms with E-state index in [1.165, 1.54) is 12.1 Å². The lowest BCUT2D eigenvalue weighted by Crippen LogP contribution is -2.45. The average molecular weight is 240 g/mol. The largest absolute Gasteiger partial charge is 0.508 e.